The first kappa shape index (κ1) is 21.2. The Bertz CT molecular complexity index is 740. The van der Waals surface area contributed by atoms with Gasteiger partial charge in [-0.15, -0.1) is 0 Å². The van der Waals surface area contributed by atoms with Crippen LogP contribution in [-0.4, -0.2) is 77.5 Å². The summed E-state index contributed by atoms with van der Waals surface area (Å²) in [5.41, 5.74) is 0.326. The van der Waals surface area contributed by atoms with Crippen LogP contribution in [0.4, 0.5) is 0 Å². The van der Waals surface area contributed by atoms with Crippen molar-refractivity contribution in [2.75, 3.05) is 46.0 Å². The van der Waals surface area contributed by atoms with Crippen LogP contribution in [0, 0.1) is 0 Å². The Morgan fingerprint density at radius 3 is 2.61 bits per heavy atom. The predicted molar refractivity (Wildman–Crippen MR) is 103 cm³/mol. The molecule has 8 nitrogen and oxygen atoms in total. The first-order valence-electron chi connectivity index (χ1n) is 9.66. The summed E-state index contributed by atoms with van der Waals surface area (Å²) < 4.78 is 43.5. The minimum Gasteiger partial charge on any atom is -0.458 e. The number of hydrogen-bond donors (Lipinski definition) is 1. The van der Waals surface area contributed by atoms with Crippen LogP contribution in [-0.2, 0) is 24.2 Å². The Morgan fingerprint density at radius 2 is 1.96 bits per heavy atom. The van der Waals surface area contributed by atoms with Gasteiger partial charge in [0.25, 0.3) is 0 Å². The van der Waals surface area contributed by atoms with Crippen molar-refractivity contribution in [3.8, 4) is 0 Å². The molecule has 2 heterocycles. The third-order valence-corrected chi connectivity index (χ3v) is 6.29. The molecule has 0 amide bonds. The Labute approximate surface area is 166 Å². The molecule has 2 aliphatic rings. The number of benzene rings is 1. The lowest BCUT2D eigenvalue weighted by Crippen LogP contribution is -2.41. The van der Waals surface area contributed by atoms with Crippen LogP contribution < -0.4 is 4.72 Å². The van der Waals surface area contributed by atoms with E-state index in [0.717, 1.165) is 25.9 Å². The summed E-state index contributed by atoms with van der Waals surface area (Å²) in [5, 5.41) is 0. The maximum atomic E-state index is 12.4. The number of rotatable bonds is 8. The number of ether oxygens (including phenoxy) is 3. The molecule has 3 rings (SSSR count). The second kappa shape index (κ2) is 9.80. The lowest BCUT2D eigenvalue weighted by atomic mass is 10.2. The summed E-state index contributed by atoms with van der Waals surface area (Å²) >= 11 is 0. The molecule has 1 N–H and O–H groups in total. The smallest absolute Gasteiger partial charge is 0.338 e. The van der Waals surface area contributed by atoms with Gasteiger partial charge in [-0.1, -0.05) is 0 Å². The molecule has 0 aliphatic carbocycles. The number of esters is 1. The van der Waals surface area contributed by atoms with Gasteiger partial charge in [0.2, 0.25) is 10.0 Å². The third-order valence-electron chi connectivity index (χ3n) is 4.85. The zero-order chi connectivity index (χ0) is 20.0. The van der Waals surface area contributed by atoms with E-state index in [1.165, 1.54) is 24.3 Å². The van der Waals surface area contributed by atoms with E-state index < -0.39 is 16.0 Å². The quantitative estimate of drug-likeness (QED) is 0.637. The highest BCUT2D eigenvalue weighted by atomic mass is 32.2. The van der Waals surface area contributed by atoms with Crippen LogP contribution in [0.3, 0.4) is 0 Å². The molecule has 0 aromatic heterocycles. The van der Waals surface area contributed by atoms with Gasteiger partial charge >= 0.3 is 5.97 Å². The van der Waals surface area contributed by atoms with Crippen molar-refractivity contribution in [2.24, 2.45) is 0 Å². The molecule has 0 radical (unpaired) electrons. The standard InChI is InChI=1S/C19H28N2O6S/c1-15(14-21-8-11-25-12-9-21)27-19(22)16-4-6-18(7-5-16)28(23,24)20-13-17-3-2-10-26-17/h4-7,15,17,20H,2-3,8-14H2,1H3/t15-,17-/m0/s1. The van der Waals surface area contributed by atoms with E-state index in [9.17, 15) is 13.2 Å². The van der Waals surface area contributed by atoms with Crippen molar-refractivity contribution in [2.45, 2.75) is 36.9 Å². The molecule has 0 bridgehead atoms. The van der Waals surface area contributed by atoms with E-state index in [4.69, 9.17) is 14.2 Å². The number of morpholine rings is 1. The molecule has 0 spiro atoms. The lowest BCUT2D eigenvalue weighted by molar-refractivity contribution is 0.000439. The van der Waals surface area contributed by atoms with Crippen molar-refractivity contribution < 1.29 is 27.4 Å². The summed E-state index contributed by atoms with van der Waals surface area (Å²) in [6, 6.07) is 5.79. The second-order valence-corrected chi connectivity index (χ2v) is 8.91. The lowest BCUT2D eigenvalue weighted by Gasteiger charge is -2.28. The highest BCUT2D eigenvalue weighted by Gasteiger charge is 2.21. The number of sulfonamides is 1. The molecule has 1 aromatic rings. The zero-order valence-electron chi connectivity index (χ0n) is 16.1. The van der Waals surface area contributed by atoms with Gasteiger partial charge in [0.1, 0.15) is 6.10 Å². The molecular formula is C19H28N2O6S. The number of hydrogen-bond acceptors (Lipinski definition) is 7. The van der Waals surface area contributed by atoms with Crippen LogP contribution in [0.1, 0.15) is 30.1 Å². The SMILES string of the molecule is C[C@@H](CN1CCOCC1)OC(=O)c1ccc(S(=O)(=O)NC[C@@H]2CCCO2)cc1. The Balaban J connectivity index is 1.51. The fourth-order valence-corrected chi connectivity index (χ4v) is 4.36. The minimum atomic E-state index is -3.63. The van der Waals surface area contributed by atoms with Gasteiger partial charge in [0.15, 0.2) is 0 Å². The first-order chi connectivity index (χ1) is 13.4. The molecule has 28 heavy (non-hydrogen) atoms. The fourth-order valence-electron chi connectivity index (χ4n) is 3.30. The van der Waals surface area contributed by atoms with Crippen molar-refractivity contribution in [1.29, 1.82) is 0 Å². The molecule has 2 saturated heterocycles. The maximum absolute atomic E-state index is 12.4. The molecule has 2 aliphatic heterocycles. The van der Waals surface area contributed by atoms with Gasteiger partial charge in [-0.3, -0.25) is 4.90 Å². The maximum Gasteiger partial charge on any atom is 0.338 e. The summed E-state index contributed by atoms with van der Waals surface area (Å²) in [4.78, 5) is 14.6. The summed E-state index contributed by atoms with van der Waals surface area (Å²) in [6.07, 6.45) is 1.47. The highest BCUT2D eigenvalue weighted by Crippen LogP contribution is 2.15. The molecule has 2 fully saturated rings. The minimum absolute atomic E-state index is 0.0722. The molecule has 9 heteroatoms. The van der Waals surface area contributed by atoms with Gasteiger partial charge in [-0.2, -0.15) is 0 Å². The van der Waals surface area contributed by atoms with Crippen LogP contribution >= 0.6 is 0 Å². The first-order valence-corrected chi connectivity index (χ1v) is 11.1. The van der Waals surface area contributed by atoms with Crippen molar-refractivity contribution >= 4 is 16.0 Å². The monoisotopic (exact) mass is 412 g/mol. The second-order valence-electron chi connectivity index (χ2n) is 7.14. The molecule has 0 saturated carbocycles. The normalized spacial score (nSPS) is 22.1. The molecule has 156 valence electrons. The largest absolute Gasteiger partial charge is 0.458 e. The number of nitrogens with zero attached hydrogens (tertiary/aromatic N) is 1. The van der Waals surface area contributed by atoms with Gasteiger partial charge in [0.05, 0.1) is 29.8 Å². The van der Waals surface area contributed by atoms with Crippen molar-refractivity contribution in [3.05, 3.63) is 29.8 Å². The summed E-state index contributed by atoms with van der Waals surface area (Å²) in [5.74, 6) is -0.461. The van der Waals surface area contributed by atoms with Crippen LogP contribution in [0.5, 0.6) is 0 Å². The zero-order valence-corrected chi connectivity index (χ0v) is 16.9. The topological polar surface area (TPSA) is 94.2 Å². The average Bonchev–Trinajstić information content (AvgIpc) is 3.21. The van der Waals surface area contributed by atoms with Gasteiger partial charge < -0.3 is 14.2 Å². The molecule has 1 aromatic carbocycles. The Kier molecular flexibility index (Phi) is 7.42. The van der Waals surface area contributed by atoms with Crippen molar-refractivity contribution in [3.63, 3.8) is 0 Å². The van der Waals surface area contributed by atoms with Crippen LogP contribution in [0.25, 0.3) is 0 Å². The van der Waals surface area contributed by atoms with Gasteiger partial charge in [-0.05, 0) is 44.0 Å². The Morgan fingerprint density at radius 1 is 1.25 bits per heavy atom. The summed E-state index contributed by atoms with van der Waals surface area (Å²) in [7, 11) is -3.63. The van der Waals surface area contributed by atoms with Gasteiger partial charge in [-0.25, -0.2) is 17.9 Å². The number of carbonyl (C=O) groups is 1. The molecular weight excluding hydrogens is 384 g/mol. The van der Waals surface area contributed by atoms with Crippen LogP contribution in [0.2, 0.25) is 0 Å². The van der Waals surface area contributed by atoms with E-state index >= 15 is 0 Å². The van der Waals surface area contributed by atoms with E-state index in [2.05, 4.69) is 9.62 Å². The third kappa shape index (κ3) is 5.99. The van der Waals surface area contributed by atoms with Crippen molar-refractivity contribution in [1.82, 2.24) is 9.62 Å². The molecule has 2 atom stereocenters. The van der Waals surface area contributed by atoms with E-state index in [1.54, 1.807) is 0 Å². The van der Waals surface area contributed by atoms with E-state index in [1.807, 2.05) is 6.92 Å². The molecule has 0 unspecified atom stereocenters. The Hall–Kier alpha value is -1.52. The summed E-state index contributed by atoms with van der Waals surface area (Å²) in [6.45, 7) is 6.46. The fraction of sp³-hybridized carbons (Fsp3) is 0.632. The van der Waals surface area contributed by atoms with Gasteiger partial charge in [0, 0.05) is 32.8 Å². The van der Waals surface area contributed by atoms with Crippen LogP contribution in [0.15, 0.2) is 29.2 Å². The predicted octanol–water partition coefficient (Wildman–Crippen LogP) is 1.02. The number of carbonyl (C=O) groups excluding carboxylic acids is 1. The number of nitrogens with one attached hydrogen (secondary N) is 1. The van der Waals surface area contributed by atoms with E-state index in [-0.39, 0.29) is 23.6 Å². The average molecular weight is 413 g/mol. The highest BCUT2D eigenvalue weighted by molar-refractivity contribution is 7.89. The van der Waals surface area contributed by atoms with E-state index in [0.29, 0.717) is 31.9 Å².